The molecule has 1 fully saturated rings. The smallest absolute Gasteiger partial charge is 0.339 e. The van der Waals surface area contributed by atoms with Crippen LogP contribution in [0, 0.1) is 5.92 Å². The highest BCUT2D eigenvalue weighted by atomic mass is 16.5. The van der Waals surface area contributed by atoms with Gasteiger partial charge in [-0.3, -0.25) is 4.79 Å². The molecule has 2 aromatic rings. The first kappa shape index (κ1) is 14.5. The molecular weight excluding hydrogens is 282 g/mol. The summed E-state index contributed by atoms with van der Waals surface area (Å²) >= 11 is 0. The predicted octanol–water partition coefficient (Wildman–Crippen LogP) is 2.60. The van der Waals surface area contributed by atoms with Crippen LogP contribution in [0.2, 0.25) is 0 Å². The number of methoxy groups -OCH3 is 1. The van der Waals surface area contributed by atoms with Crippen molar-refractivity contribution in [3.8, 4) is 0 Å². The van der Waals surface area contributed by atoms with Gasteiger partial charge >= 0.3 is 5.97 Å². The van der Waals surface area contributed by atoms with Crippen molar-refractivity contribution >= 4 is 28.3 Å². The SMILES string of the molecule is COC(=O)c1cc2ccccc2cc1NC(=O)C1CCOC1. The van der Waals surface area contributed by atoms with Gasteiger partial charge < -0.3 is 14.8 Å². The first-order valence-corrected chi connectivity index (χ1v) is 7.19. The molecule has 1 aliphatic rings. The number of nitrogens with one attached hydrogen (secondary N) is 1. The van der Waals surface area contributed by atoms with Gasteiger partial charge in [-0.15, -0.1) is 0 Å². The summed E-state index contributed by atoms with van der Waals surface area (Å²) in [5.41, 5.74) is 0.830. The Balaban J connectivity index is 1.98. The zero-order valence-corrected chi connectivity index (χ0v) is 12.3. The largest absolute Gasteiger partial charge is 0.465 e. The van der Waals surface area contributed by atoms with Crippen molar-refractivity contribution in [3.63, 3.8) is 0 Å². The summed E-state index contributed by atoms with van der Waals surface area (Å²) in [6, 6.07) is 11.2. The second-order valence-electron chi connectivity index (χ2n) is 5.29. The van der Waals surface area contributed by atoms with E-state index in [1.54, 1.807) is 12.1 Å². The lowest BCUT2D eigenvalue weighted by atomic mass is 10.0. The van der Waals surface area contributed by atoms with Crippen molar-refractivity contribution in [2.75, 3.05) is 25.6 Å². The third-order valence-electron chi connectivity index (χ3n) is 3.85. The van der Waals surface area contributed by atoms with Gasteiger partial charge in [-0.1, -0.05) is 24.3 Å². The number of amides is 1. The van der Waals surface area contributed by atoms with E-state index in [4.69, 9.17) is 9.47 Å². The Morgan fingerprint density at radius 2 is 1.95 bits per heavy atom. The minimum Gasteiger partial charge on any atom is -0.465 e. The summed E-state index contributed by atoms with van der Waals surface area (Å²) in [4.78, 5) is 24.3. The first-order chi connectivity index (χ1) is 10.7. The van der Waals surface area contributed by atoms with Crippen LogP contribution in [0.1, 0.15) is 16.8 Å². The molecule has 5 nitrogen and oxygen atoms in total. The van der Waals surface area contributed by atoms with E-state index >= 15 is 0 Å². The number of benzene rings is 2. The molecule has 0 bridgehead atoms. The lowest BCUT2D eigenvalue weighted by molar-refractivity contribution is -0.119. The van der Waals surface area contributed by atoms with E-state index in [0.29, 0.717) is 30.9 Å². The highest BCUT2D eigenvalue weighted by Gasteiger charge is 2.25. The zero-order chi connectivity index (χ0) is 15.5. The van der Waals surface area contributed by atoms with E-state index in [9.17, 15) is 9.59 Å². The maximum atomic E-state index is 12.3. The minimum absolute atomic E-state index is 0.127. The third kappa shape index (κ3) is 2.80. The van der Waals surface area contributed by atoms with Crippen LogP contribution in [0.25, 0.3) is 10.8 Å². The lowest BCUT2D eigenvalue weighted by Crippen LogP contribution is -2.24. The molecule has 0 aromatic heterocycles. The van der Waals surface area contributed by atoms with Gasteiger partial charge in [0, 0.05) is 6.61 Å². The zero-order valence-electron chi connectivity index (χ0n) is 12.3. The number of carbonyl (C=O) groups excluding carboxylic acids is 2. The molecule has 1 saturated heterocycles. The van der Waals surface area contributed by atoms with Crippen LogP contribution in [-0.4, -0.2) is 32.2 Å². The highest BCUT2D eigenvalue weighted by Crippen LogP contribution is 2.26. The molecule has 1 atom stereocenters. The summed E-state index contributed by atoms with van der Waals surface area (Å²) < 4.78 is 10.1. The van der Waals surface area contributed by atoms with Gasteiger partial charge in [-0.2, -0.15) is 0 Å². The highest BCUT2D eigenvalue weighted by molar-refractivity contribution is 6.06. The van der Waals surface area contributed by atoms with Crippen molar-refractivity contribution in [3.05, 3.63) is 42.0 Å². The van der Waals surface area contributed by atoms with Gasteiger partial charge in [0.15, 0.2) is 0 Å². The summed E-state index contributed by atoms with van der Waals surface area (Å²) in [6.45, 7) is 1.02. The topological polar surface area (TPSA) is 64.6 Å². The average Bonchev–Trinajstić information content (AvgIpc) is 3.08. The van der Waals surface area contributed by atoms with Crippen LogP contribution in [0.3, 0.4) is 0 Å². The molecule has 0 radical (unpaired) electrons. The first-order valence-electron chi connectivity index (χ1n) is 7.19. The van der Waals surface area contributed by atoms with E-state index in [1.165, 1.54) is 7.11 Å². The van der Waals surface area contributed by atoms with Crippen molar-refractivity contribution in [2.24, 2.45) is 5.92 Å². The monoisotopic (exact) mass is 299 g/mol. The second kappa shape index (κ2) is 6.15. The van der Waals surface area contributed by atoms with E-state index in [2.05, 4.69) is 5.32 Å². The number of anilines is 1. The summed E-state index contributed by atoms with van der Waals surface area (Å²) in [5, 5.41) is 4.71. The number of hydrogen-bond acceptors (Lipinski definition) is 4. The number of carbonyl (C=O) groups is 2. The molecule has 1 unspecified atom stereocenters. The van der Waals surface area contributed by atoms with Gasteiger partial charge in [-0.05, 0) is 29.3 Å². The van der Waals surface area contributed by atoms with E-state index < -0.39 is 5.97 Å². The molecule has 3 rings (SSSR count). The molecule has 22 heavy (non-hydrogen) atoms. The minimum atomic E-state index is -0.469. The number of ether oxygens (including phenoxy) is 2. The lowest BCUT2D eigenvalue weighted by Gasteiger charge is -2.13. The molecule has 114 valence electrons. The van der Waals surface area contributed by atoms with Crippen molar-refractivity contribution in [1.82, 2.24) is 0 Å². The molecule has 0 aliphatic carbocycles. The van der Waals surface area contributed by atoms with Gasteiger partial charge in [0.2, 0.25) is 5.91 Å². The average molecular weight is 299 g/mol. The molecular formula is C17H17NO4. The molecule has 5 heteroatoms. The van der Waals surface area contributed by atoms with Crippen LogP contribution < -0.4 is 5.32 Å². The molecule has 0 saturated carbocycles. The fourth-order valence-electron chi connectivity index (χ4n) is 2.60. The summed E-state index contributed by atoms with van der Waals surface area (Å²) in [6.07, 6.45) is 0.701. The molecule has 1 heterocycles. The van der Waals surface area contributed by atoms with Gasteiger partial charge in [0.05, 0.1) is 30.9 Å². The maximum absolute atomic E-state index is 12.3. The number of hydrogen-bond donors (Lipinski definition) is 1. The second-order valence-corrected chi connectivity index (χ2v) is 5.29. The van der Waals surface area contributed by atoms with Crippen LogP contribution in [0.4, 0.5) is 5.69 Å². The van der Waals surface area contributed by atoms with Crippen LogP contribution in [0.15, 0.2) is 36.4 Å². The Morgan fingerprint density at radius 3 is 2.59 bits per heavy atom. The fourth-order valence-corrected chi connectivity index (χ4v) is 2.60. The molecule has 1 N–H and O–H groups in total. The standard InChI is InChI=1S/C17H17NO4/c1-21-17(20)14-8-11-4-2-3-5-12(11)9-15(14)18-16(19)13-6-7-22-10-13/h2-5,8-9,13H,6-7,10H2,1H3,(H,18,19). The summed E-state index contributed by atoms with van der Waals surface area (Å²) in [5.74, 6) is -0.765. The fraction of sp³-hybridized carbons (Fsp3) is 0.294. The third-order valence-corrected chi connectivity index (χ3v) is 3.85. The molecule has 0 spiro atoms. The number of fused-ring (bicyclic) bond motifs is 1. The quantitative estimate of drug-likeness (QED) is 0.885. The Labute approximate surface area is 128 Å². The molecule has 1 aliphatic heterocycles. The summed E-state index contributed by atoms with van der Waals surface area (Å²) in [7, 11) is 1.33. The Morgan fingerprint density at radius 1 is 1.23 bits per heavy atom. The van der Waals surface area contributed by atoms with Crippen molar-refractivity contribution < 1.29 is 19.1 Å². The predicted molar refractivity (Wildman–Crippen MR) is 82.8 cm³/mol. The van der Waals surface area contributed by atoms with Crippen molar-refractivity contribution in [2.45, 2.75) is 6.42 Å². The molecule has 2 aromatic carbocycles. The van der Waals surface area contributed by atoms with Crippen molar-refractivity contribution in [1.29, 1.82) is 0 Å². The van der Waals surface area contributed by atoms with Gasteiger partial charge in [0.25, 0.3) is 0 Å². The van der Waals surface area contributed by atoms with Crippen LogP contribution in [-0.2, 0) is 14.3 Å². The van der Waals surface area contributed by atoms with Crippen LogP contribution in [0.5, 0.6) is 0 Å². The normalized spacial score (nSPS) is 17.4. The van der Waals surface area contributed by atoms with E-state index in [-0.39, 0.29) is 11.8 Å². The van der Waals surface area contributed by atoms with E-state index in [0.717, 1.165) is 10.8 Å². The van der Waals surface area contributed by atoms with Crippen LogP contribution >= 0.6 is 0 Å². The molecule has 1 amide bonds. The Hall–Kier alpha value is -2.40. The maximum Gasteiger partial charge on any atom is 0.339 e. The van der Waals surface area contributed by atoms with Gasteiger partial charge in [0.1, 0.15) is 0 Å². The van der Waals surface area contributed by atoms with Gasteiger partial charge in [-0.25, -0.2) is 4.79 Å². The Kier molecular flexibility index (Phi) is 4.06. The number of rotatable bonds is 3. The van der Waals surface area contributed by atoms with E-state index in [1.807, 2.05) is 24.3 Å². The number of esters is 1. The Bertz CT molecular complexity index is 720.